The molecule has 3 heterocycles. The molecule has 1 saturated heterocycles. The monoisotopic (exact) mass is 371 g/mol. The van der Waals surface area contributed by atoms with Gasteiger partial charge in [0.25, 0.3) is 5.56 Å². The number of nitrogens with one attached hydrogen (secondary N) is 1. The maximum absolute atomic E-state index is 12.8. The lowest BCUT2D eigenvalue weighted by atomic mass is 10.2. The van der Waals surface area contributed by atoms with E-state index in [1.54, 1.807) is 18.4 Å². The normalized spacial score (nSPS) is 21.2. The van der Waals surface area contributed by atoms with Crippen LogP contribution in [0.2, 0.25) is 0 Å². The zero-order chi connectivity index (χ0) is 18.0. The quantitative estimate of drug-likeness (QED) is 0.699. The topological polar surface area (TPSA) is 134 Å². The number of nitrogen functional groups attached to an aromatic ring is 1. The summed E-state index contributed by atoms with van der Waals surface area (Å²) in [6.07, 6.45) is 2.57. The molecular weight excluding hydrogens is 349 g/mol. The Labute approximate surface area is 144 Å². The van der Waals surface area contributed by atoms with Gasteiger partial charge in [0.2, 0.25) is 5.95 Å². The molecule has 11 heteroatoms. The number of ether oxygens (including phenoxy) is 1. The van der Waals surface area contributed by atoms with E-state index in [9.17, 15) is 9.36 Å². The van der Waals surface area contributed by atoms with Crippen LogP contribution in [0.4, 0.5) is 5.95 Å². The van der Waals surface area contributed by atoms with E-state index >= 15 is 0 Å². The van der Waals surface area contributed by atoms with Crippen molar-refractivity contribution in [1.82, 2.24) is 19.5 Å². The summed E-state index contributed by atoms with van der Waals surface area (Å²) in [5.41, 5.74) is 5.83. The molecule has 0 saturated carbocycles. The highest BCUT2D eigenvalue weighted by Crippen LogP contribution is 2.57. The fourth-order valence-corrected chi connectivity index (χ4v) is 4.85. The number of imidazole rings is 1. The number of fused-ring (bicyclic) bond motifs is 1. The molecule has 0 bridgehead atoms. The first kappa shape index (κ1) is 18.1. The number of nitrogens with zero attached hydrogens (tertiary/aromatic N) is 3. The molecule has 2 aromatic heterocycles. The molecule has 0 amide bonds. The summed E-state index contributed by atoms with van der Waals surface area (Å²) in [5.74, 6) is -0.560. The van der Waals surface area contributed by atoms with Crippen molar-refractivity contribution in [3.05, 3.63) is 16.7 Å². The van der Waals surface area contributed by atoms with E-state index in [1.807, 2.05) is 0 Å². The van der Waals surface area contributed by atoms with Gasteiger partial charge in [-0.1, -0.05) is 0 Å². The van der Waals surface area contributed by atoms with Gasteiger partial charge in [-0.15, -0.1) is 0 Å². The third kappa shape index (κ3) is 3.62. The maximum atomic E-state index is 12.8. The van der Waals surface area contributed by atoms with Crippen LogP contribution >= 0.6 is 7.60 Å². The molecule has 10 nitrogen and oxygen atoms in total. The second kappa shape index (κ2) is 7.25. The van der Waals surface area contributed by atoms with E-state index in [-0.39, 0.29) is 23.1 Å². The van der Waals surface area contributed by atoms with Crippen LogP contribution in [0, 0.1) is 0 Å². The van der Waals surface area contributed by atoms with Crippen LogP contribution in [0.3, 0.4) is 0 Å². The largest absolute Gasteiger partial charge is 0.369 e. The fraction of sp³-hybridized carbons (Fsp3) is 0.643. The third-order valence-electron chi connectivity index (χ3n) is 3.95. The van der Waals surface area contributed by atoms with Crippen LogP contribution in [-0.4, -0.2) is 44.7 Å². The number of H-pyrrole nitrogens is 1. The van der Waals surface area contributed by atoms with Crippen molar-refractivity contribution in [3.63, 3.8) is 0 Å². The molecule has 2 aromatic rings. The van der Waals surface area contributed by atoms with E-state index in [0.29, 0.717) is 38.2 Å². The van der Waals surface area contributed by atoms with Gasteiger partial charge in [-0.3, -0.25) is 14.3 Å². The number of hydrogen-bond donors (Lipinski definition) is 2. The molecule has 0 unspecified atom stereocenters. The second-order valence-electron chi connectivity index (χ2n) is 5.69. The van der Waals surface area contributed by atoms with Gasteiger partial charge in [-0.2, -0.15) is 4.98 Å². The summed E-state index contributed by atoms with van der Waals surface area (Å²) in [7, 11) is -3.30. The Morgan fingerprint density at radius 3 is 2.80 bits per heavy atom. The minimum absolute atomic E-state index is 0.0293. The lowest BCUT2D eigenvalue weighted by Gasteiger charge is -2.23. The molecule has 1 aliphatic rings. The number of hydrogen-bond acceptors (Lipinski definition) is 8. The van der Waals surface area contributed by atoms with E-state index in [2.05, 4.69) is 15.0 Å². The van der Waals surface area contributed by atoms with Crippen molar-refractivity contribution in [2.24, 2.45) is 0 Å². The molecule has 2 atom stereocenters. The van der Waals surface area contributed by atoms with Gasteiger partial charge >= 0.3 is 7.60 Å². The Kier molecular flexibility index (Phi) is 5.24. The number of aromatic nitrogens is 4. The first-order chi connectivity index (χ1) is 12.0. The first-order valence-electron chi connectivity index (χ1n) is 8.21. The molecule has 138 valence electrons. The standard InChI is InChI=1S/C14H22N5O5P/c1-3-22-25(21,23-4-2)10-6-5-9(24-10)7-19-8-16-11-12(19)17-14(15)18-13(11)20/h8-10H,3-7H2,1-2H3,(H3,15,17,18,20)/t9-,10+/m0/s1. The van der Waals surface area contributed by atoms with Crippen LogP contribution in [0.15, 0.2) is 11.1 Å². The van der Waals surface area contributed by atoms with Crippen LogP contribution < -0.4 is 11.3 Å². The molecule has 1 fully saturated rings. The highest BCUT2D eigenvalue weighted by molar-refractivity contribution is 7.54. The summed E-state index contributed by atoms with van der Waals surface area (Å²) < 4.78 is 31.1. The number of rotatable bonds is 7. The van der Waals surface area contributed by atoms with Gasteiger partial charge in [0, 0.05) is 0 Å². The van der Waals surface area contributed by atoms with Gasteiger partial charge < -0.3 is 24.1 Å². The maximum Gasteiger partial charge on any atom is 0.359 e. The number of aromatic amines is 1. The van der Waals surface area contributed by atoms with E-state index in [4.69, 9.17) is 19.5 Å². The Balaban J connectivity index is 1.75. The molecule has 3 N–H and O–H groups in total. The average molecular weight is 371 g/mol. The van der Waals surface area contributed by atoms with Crippen molar-refractivity contribution in [2.75, 3.05) is 18.9 Å². The molecule has 0 radical (unpaired) electrons. The predicted octanol–water partition coefficient (Wildman–Crippen LogP) is 1.47. The minimum atomic E-state index is -3.30. The Hall–Kier alpha value is -1.74. The van der Waals surface area contributed by atoms with E-state index in [0.717, 1.165) is 0 Å². The van der Waals surface area contributed by atoms with Crippen LogP contribution in [0.5, 0.6) is 0 Å². The summed E-state index contributed by atoms with van der Waals surface area (Å²) in [6, 6.07) is 0. The summed E-state index contributed by atoms with van der Waals surface area (Å²) in [5, 5.41) is 0. The first-order valence-corrected chi connectivity index (χ1v) is 9.83. The molecular formula is C14H22N5O5P. The van der Waals surface area contributed by atoms with Crippen LogP contribution in [0.1, 0.15) is 26.7 Å². The smallest absolute Gasteiger partial charge is 0.359 e. The predicted molar refractivity (Wildman–Crippen MR) is 91.3 cm³/mol. The van der Waals surface area contributed by atoms with Crippen molar-refractivity contribution in [1.29, 1.82) is 0 Å². The molecule has 25 heavy (non-hydrogen) atoms. The van der Waals surface area contributed by atoms with E-state index < -0.39 is 13.4 Å². The van der Waals surface area contributed by atoms with Crippen molar-refractivity contribution >= 4 is 24.7 Å². The Morgan fingerprint density at radius 1 is 1.40 bits per heavy atom. The van der Waals surface area contributed by atoms with Gasteiger partial charge in [-0.25, -0.2) is 4.98 Å². The molecule has 0 spiro atoms. The lowest BCUT2D eigenvalue weighted by Crippen LogP contribution is -2.19. The summed E-state index contributed by atoms with van der Waals surface area (Å²) >= 11 is 0. The van der Waals surface area contributed by atoms with Gasteiger partial charge in [0.1, 0.15) is 0 Å². The highest BCUT2D eigenvalue weighted by Gasteiger charge is 2.42. The second-order valence-corrected chi connectivity index (χ2v) is 7.86. The Morgan fingerprint density at radius 2 is 2.12 bits per heavy atom. The number of nitrogens with two attached hydrogens (primary N) is 1. The van der Waals surface area contributed by atoms with Gasteiger partial charge in [0.15, 0.2) is 17.0 Å². The van der Waals surface area contributed by atoms with Gasteiger partial charge in [-0.05, 0) is 26.7 Å². The zero-order valence-electron chi connectivity index (χ0n) is 14.2. The minimum Gasteiger partial charge on any atom is -0.369 e. The highest BCUT2D eigenvalue weighted by atomic mass is 31.2. The van der Waals surface area contributed by atoms with Crippen molar-refractivity contribution < 1.29 is 18.3 Å². The molecule has 3 rings (SSSR count). The molecule has 0 aromatic carbocycles. The molecule has 1 aliphatic heterocycles. The third-order valence-corrected chi connectivity index (χ3v) is 6.27. The zero-order valence-corrected chi connectivity index (χ0v) is 15.1. The Bertz CT molecular complexity index is 840. The lowest BCUT2D eigenvalue weighted by molar-refractivity contribution is 0.0520. The van der Waals surface area contributed by atoms with Crippen molar-refractivity contribution in [3.8, 4) is 0 Å². The van der Waals surface area contributed by atoms with Crippen molar-refractivity contribution in [2.45, 2.75) is 45.2 Å². The van der Waals surface area contributed by atoms with Crippen LogP contribution in [0.25, 0.3) is 11.2 Å². The molecule has 0 aliphatic carbocycles. The average Bonchev–Trinajstić information content (AvgIpc) is 3.16. The summed E-state index contributed by atoms with van der Waals surface area (Å²) in [4.78, 5) is 22.4. The number of anilines is 1. The van der Waals surface area contributed by atoms with Gasteiger partial charge in [0.05, 0.1) is 32.2 Å². The van der Waals surface area contributed by atoms with Crippen LogP contribution in [-0.2, 0) is 24.9 Å². The van der Waals surface area contributed by atoms with E-state index in [1.165, 1.54) is 6.33 Å². The SMILES string of the molecule is CCOP(=O)(OCC)[C@@H]1CC[C@@H](Cn2cnc3c(=O)[nH]c(N)nc32)O1. The fourth-order valence-electron chi connectivity index (χ4n) is 2.94. The summed E-state index contributed by atoms with van der Waals surface area (Å²) in [6.45, 7) is 4.54.